The van der Waals surface area contributed by atoms with Crippen LogP contribution in [0.3, 0.4) is 0 Å². The molecule has 174 valence electrons. The third-order valence-electron chi connectivity index (χ3n) is 5.83. The first-order valence-corrected chi connectivity index (χ1v) is 10.1. The second-order valence-electron chi connectivity index (χ2n) is 7.59. The summed E-state index contributed by atoms with van der Waals surface area (Å²) in [7, 11) is 4.47. The lowest BCUT2D eigenvalue weighted by Crippen LogP contribution is -2.39. The van der Waals surface area contributed by atoms with Gasteiger partial charge in [0.1, 0.15) is 0 Å². The topological polar surface area (TPSA) is 68.2 Å². The van der Waals surface area contributed by atoms with Gasteiger partial charge in [-0.3, -0.25) is 9.69 Å². The molecule has 1 aliphatic rings. The number of carbonyl (C=O) groups is 1. The van der Waals surface area contributed by atoms with Gasteiger partial charge in [0.25, 0.3) is 0 Å². The van der Waals surface area contributed by atoms with Crippen LogP contribution >= 0.6 is 0 Å². The van der Waals surface area contributed by atoms with Gasteiger partial charge in [-0.2, -0.15) is 13.2 Å². The summed E-state index contributed by atoms with van der Waals surface area (Å²) in [6.45, 7) is 0.945. The first-order chi connectivity index (χ1) is 15.2. The number of likely N-dealkylation sites (tertiary alicyclic amines) is 1. The minimum atomic E-state index is -4.44. The van der Waals surface area contributed by atoms with Crippen LogP contribution in [-0.2, 0) is 11.0 Å². The van der Waals surface area contributed by atoms with E-state index in [1.54, 1.807) is 12.1 Å². The van der Waals surface area contributed by atoms with E-state index in [2.05, 4.69) is 4.90 Å². The van der Waals surface area contributed by atoms with Crippen molar-refractivity contribution in [2.45, 2.75) is 25.1 Å². The first kappa shape index (κ1) is 23.7. The molecular formula is C23H26F3NO5. The lowest BCUT2D eigenvalue weighted by molar-refractivity contribution is -0.143. The zero-order chi connectivity index (χ0) is 23.5. The molecular weight excluding hydrogens is 427 g/mol. The Bertz CT molecular complexity index is 938. The highest BCUT2D eigenvalue weighted by Crippen LogP contribution is 2.46. The second kappa shape index (κ2) is 9.68. The van der Waals surface area contributed by atoms with E-state index in [4.69, 9.17) is 14.2 Å². The van der Waals surface area contributed by atoms with E-state index in [0.29, 0.717) is 54.3 Å². The molecule has 1 saturated heterocycles. The van der Waals surface area contributed by atoms with Crippen molar-refractivity contribution >= 4 is 5.97 Å². The Labute approximate surface area is 184 Å². The molecule has 2 aromatic rings. The number of rotatable bonds is 7. The van der Waals surface area contributed by atoms with Crippen molar-refractivity contribution in [2.24, 2.45) is 5.92 Å². The fraction of sp³-hybridized carbons (Fsp3) is 0.435. The van der Waals surface area contributed by atoms with Gasteiger partial charge in [0, 0.05) is 5.56 Å². The Hall–Kier alpha value is -2.94. The molecule has 0 aromatic heterocycles. The Morgan fingerprint density at radius 3 is 2.03 bits per heavy atom. The SMILES string of the molecule is COc1ccc(C(c2ccc(C(F)(F)F)cc2)N2CCC(C(=O)O)CC2)c(OC)c1OC. The molecule has 0 saturated carbocycles. The summed E-state index contributed by atoms with van der Waals surface area (Å²) in [5, 5.41) is 9.34. The van der Waals surface area contributed by atoms with E-state index in [0.717, 1.165) is 12.1 Å². The van der Waals surface area contributed by atoms with Crippen LogP contribution in [0.25, 0.3) is 0 Å². The number of ether oxygens (including phenoxy) is 3. The Balaban J connectivity index is 2.09. The number of aliphatic carboxylic acids is 1. The Morgan fingerprint density at radius 2 is 1.56 bits per heavy atom. The number of halogens is 3. The van der Waals surface area contributed by atoms with E-state index >= 15 is 0 Å². The maximum Gasteiger partial charge on any atom is 0.416 e. The minimum absolute atomic E-state index is 0.379. The number of hydrogen-bond donors (Lipinski definition) is 1. The maximum absolute atomic E-state index is 13.1. The van der Waals surface area contributed by atoms with Crippen molar-refractivity contribution < 1.29 is 37.3 Å². The van der Waals surface area contributed by atoms with Crippen molar-refractivity contribution in [3.8, 4) is 17.2 Å². The van der Waals surface area contributed by atoms with Crippen LogP contribution in [0.5, 0.6) is 17.2 Å². The summed E-state index contributed by atoms with van der Waals surface area (Å²) in [6, 6.07) is 8.07. The monoisotopic (exact) mass is 453 g/mol. The van der Waals surface area contributed by atoms with Gasteiger partial charge in [0.2, 0.25) is 5.75 Å². The zero-order valence-corrected chi connectivity index (χ0v) is 18.1. The highest BCUT2D eigenvalue weighted by atomic mass is 19.4. The average Bonchev–Trinajstić information content (AvgIpc) is 2.78. The van der Waals surface area contributed by atoms with Gasteiger partial charge < -0.3 is 19.3 Å². The number of benzene rings is 2. The molecule has 0 spiro atoms. The van der Waals surface area contributed by atoms with Crippen LogP contribution in [0.15, 0.2) is 36.4 Å². The number of hydrogen-bond acceptors (Lipinski definition) is 5. The predicted octanol–water partition coefficient (Wildman–Crippen LogP) is 4.62. The van der Waals surface area contributed by atoms with Crippen molar-refractivity contribution in [3.63, 3.8) is 0 Å². The lowest BCUT2D eigenvalue weighted by atomic mass is 9.90. The van der Waals surface area contributed by atoms with Gasteiger partial charge in [0.15, 0.2) is 11.5 Å². The zero-order valence-electron chi connectivity index (χ0n) is 18.1. The molecule has 1 N–H and O–H groups in total. The third-order valence-corrected chi connectivity index (χ3v) is 5.83. The molecule has 1 aliphatic heterocycles. The summed E-state index contributed by atoms with van der Waals surface area (Å²) < 4.78 is 55.8. The standard InChI is InChI=1S/C23H26F3NO5/c1-30-18-9-8-17(20(31-2)21(18)32-3)19(27-12-10-15(11-13-27)22(28)29)14-4-6-16(7-5-14)23(24,25)26/h4-9,15,19H,10-13H2,1-3H3,(H,28,29). The van der Waals surface area contributed by atoms with Gasteiger partial charge in [0.05, 0.1) is 38.9 Å². The Kier molecular flexibility index (Phi) is 7.18. The molecule has 1 fully saturated rings. The highest BCUT2D eigenvalue weighted by Gasteiger charge is 2.34. The summed E-state index contributed by atoms with van der Waals surface area (Å²) in [5.74, 6) is -0.0166. The fourth-order valence-electron chi connectivity index (χ4n) is 4.19. The summed E-state index contributed by atoms with van der Waals surface area (Å²) in [5.41, 5.74) is 0.597. The third kappa shape index (κ3) is 4.77. The fourth-order valence-corrected chi connectivity index (χ4v) is 4.19. The molecule has 32 heavy (non-hydrogen) atoms. The molecule has 3 rings (SSSR count). The molecule has 1 unspecified atom stereocenters. The minimum Gasteiger partial charge on any atom is -0.493 e. The first-order valence-electron chi connectivity index (χ1n) is 10.1. The van der Waals surface area contributed by atoms with Gasteiger partial charge in [-0.1, -0.05) is 12.1 Å². The molecule has 0 aliphatic carbocycles. The van der Waals surface area contributed by atoms with E-state index < -0.39 is 29.7 Å². The molecule has 0 radical (unpaired) electrons. The lowest BCUT2D eigenvalue weighted by Gasteiger charge is -2.38. The van der Waals surface area contributed by atoms with Crippen LogP contribution < -0.4 is 14.2 Å². The van der Waals surface area contributed by atoms with E-state index in [1.807, 2.05) is 0 Å². The van der Waals surface area contributed by atoms with Gasteiger partial charge in [-0.25, -0.2) is 0 Å². The number of nitrogens with zero attached hydrogens (tertiary/aromatic N) is 1. The maximum atomic E-state index is 13.1. The predicted molar refractivity (Wildman–Crippen MR) is 111 cm³/mol. The molecule has 1 heterocycles. The smallest absolute Gasteiger partial charge is 0.416 e. The van der Waals surface area contributed by atoms with Crippen molar-refractivity contribution in [1.82, 2.24) is 4.90 Å². The van der Waals surface area contributed by atoms with Crippen molar-refractivity contribution in [3.05, 3.63) is 53.1 Å². The van der Waals surface area contributed by atoms with Gasteiger partial charge in [-0.05, 0) is 55.8 Å². The second-order valence-corrected chi connectivity index (χ2v) is 7.59. The molecule has 0 amide bonds. The van der Waals surface area contributed by atoms with Crippen LogP contribution in [-0.4, -0.2) is 50.4 Å². The number of piperidine rings is 1. The summed E-state index contributed by atoms with van der Waals surface area (Å²) in [6.07, 6.45) is -3.54. The number of alkyl halides is 3. The molecule has 0 bridgehead atoms. The highest BCUT2D eigenvalue weighted by molar-refractivity contribution is 5.70. The summed E-state index contributed by atoms with van der Waals surface area (Å²) >= 11 is 0. The number of carboxylic acid groups (broad SMARTS) is 1. The Morgan fingerprint density at radius 1 is 0.969 bits per heavy atom. The van der Waals surface area contributed by atoms with Crippen molar-refractivity contribution in [1.29, 1.82) is 0 Å². The van der Waals surface area contributed by atoms with Crippen molar-refractivity contribution in [2.75, 3.05) is 34.4 Å². The molecule has 9 heteroatoms. The van der Waals surface area contributed by atoms with E-state index in [9.17, 15) is 23.1 Å². The molecule has 1 atom stereocenters. The van der Waals surface area contributed by atoms with Crippen LogP contribution in [0, 0.1) is 5.92 Å². The number of methoxy groups -OCH3 is 3. The quantitative estimate of drug-likeness (QED) is 0.660. The van der Waals surface area contributed by atoms with E-state index in [1.165, 1.54) is 33.5 Å². The van der Waals surface area contributed by atoms with E-state index in [-0.39, 0.29) is 0 Å². The molecule has 6 nitrogen and oxygen atoms in total. The normalized spacial score (nSPS) is 16.4. The molecule has 2 aromatic carbocycles. The van der Waals surface area contributed by atoms with Crippen LogP contribution in [0.4, 0.5) is 13.2 Å². The average molecular weight is 453 g/mol. The van der Waals surface area contributed by atoms with Gasteiger partial charge in [-0.15, -0.1) is 0 Å². The summed E-state index contributed by atoms with van der Waals surface area (Å²) in [4.78, 5) is 13.4. The largest absolute Gasteiger partial charge is 0.493 e. The van der Waals surface area contributed by atoms with Gasteiger partial charge >= 0.3 is 12.1 Å². The van der Waals surface area contributed by atoms with Crippen LogP contribution in [0.2, 0.25) is 0 Å². The van der Waals surface area contributed by atoms with Crippen LogP contribution in [0.1, 0.15) is 35.6 Å². The number of carboxylic acids is 1.